The van der Waals surface area contributed by atoms with Crippen LogP contribution in [0.15, 0.2) is 4.52 Å². The second-order valence-electron chi connectivity index (χ2n) is 9.96. The maximum atomic E-state index is 12.8. The van der Waals surface area contributed by atoms with Gasteiger partial charge in [0, 0.05) is 52.4 Å². The van der Waals surface area contributed by atoms with E-state index >= 15 is 0 Å². The Kier molecular flexibility index (Phi) is 9.47. The number of amides is 3. The van der Waals surface area contributed by atoms with E-state index in [1.807, 2.05) is 16.8 Å². The average Bonchev–Trinajstić information content (AvgIpc) is 3.20. The maximum absolute atomic E-state index is 12.8. The number of carbonyl (C=O) groups excluding carboxylic acids is 3. The lowest BCUT2D eigenvalue weighted by Gasteiger charge is -2.33. The number of hydrogen-bond donors (Lipinski definition) is 1. The van der Waals surface area contributed by atoms with Crippen LogP contribution in [0, 0.1) is 5.92 Å². The van der Waals surface area contributed by atoms with E-state index in [-0.39, 0.29) is 23.6 Å². The number of hydrogen-bond acceptors (Lipinski definition) is 6. The van der Waals surface area contributed by atoms with Crippen LogP contribution in [0.4, 0.5) is 0 Å². The zero-order chi connectivity index (χ0) is 24.6. The molecule has 0 unspecified atom stereocenters. The van der Waals surface area contributed by atoms with Crippen molar-refractivity contribution in [2.45, 2.75) is 96.4 Å². The average molecular weight is 476 g/mol. The molecule has 0 atom stereocenters. The molecule has 1 aliphatic heterocycles. The van der Waals surface area contributed by atoms with Gasteiger partial charge in [0.25, 0.3) is 0 Å². The summed E-state index contributed by atoms with van der Waals surface area (Å²) < 4.78 is 5.48. The fourth-order valence-electron chi connectivity index (χ4n) is 5.19. The minimum atomic E-state index is -0.577. The van der Waals surface area contributed by atoms with E-state index in [2.05, 4.69) is 22.4 Å². The van der Waals surface area contributed by atoms with Crippen molar-refractivity contribution in [1.29, 1.82) is 0 Å². The summed E-state index contributed by atoms with van der Waals surface area (Å²) in [6.07, 6.45) is 10.1. The van der Waals surface area contributed by atoms with Crippen LogP contribution >= 0.6 is 0 Å². The molecule has 0 spiro atoms. The molecule has 34 heavy (non-hydrogen) atoms. The van der Waals surface area contributed by atoms with Gasteiger partial charge in [-0.25, -0.2) is 0 Å². The Morgan fingerprint density at radius 1 is 1.15 bits per heavy atom. The molecule has 1 saturated heterocycles. The smallest absolute Gasteiger partial charge is 0.227 e. The quantitative estimate of drug-likeness (QED) is 0.550. The fraction of sp³-hybridized carbons (Fsp3) is 0.800. The Labute approximate surface area is 203 Å². The molecular formula is C25H41N5O4. The molecule has 3 rings (SSSR count). The second-order valence-corrected chi connectivity index (χ2v) is 9.96. The molecule has 0 aromatic carbocycles. The highest BCUT2D eigenvalue weighted by atomic mass is 16.5. The van der Waals surface area contributed by atoms with Crippen molar-refractivity contribution < 1.29 is 18.9 Å². The number of unbranched alkanes of at least 4 members (excludes halogenated alkanes) is 1. The van der Waals surface area contributed by atoms with Crippen LogP contribution in [0.5, 0.6) is 0 Å². The molecular weight excluding hydrogens is 434 g/mol. The normalized spacial score (nSPS) is 18.9. The highest BCUT2D eigenvalue weighted by molar-refractivity contribution is 5.80. The van der Waals surface area contributed by atoms with Gasteiger partial charge in [-0.2, -0.15) is 4.98 Å². The van der Waals surface area contributed by atoms with E-state index in [1.165, 1.54) is 6.92 Å². The van der Waals surface area contributed by atoms with Crippen molar-refractivity contribution in [2.24, 2.45) is 5.92 Å². The first-order valence-corrected chi connectivity index (χ1v) is 13.0. The van der Waals surface area contributed by atoms with E-state index in [4.69, 9.17) is 4.52 Å². The van der Waals surface area contributed by atoms with Gasteiger partial charge in [0.05, 0.1) is 0 Å². The minimum absolute atomic E-state index is 0.00828. The van der Waals surface area contributed by atoms with Crippen molar-refractivity contribution in [3.05, 3.63) is 11.7 Å². The lowest BCUT2D eigenvalue weighted by Crippen LogP contribution is -2.45. The molecule has 0 radical (unpaired) electrons. The maximum Gasteiger partial charge on any atom is 0.227 e. The van der Waals surface area contributed by atoms with Crippen molar-refractivity contribution in [3.8, 4) is 0 Å². The Morgan fingerprint density at radius 2 is 1.82 bits per heavy atom. The van der Waals surface area contributed by atoms with Gasteiger partial charge in [-0.15, -0.1) is 0 Å². The molecule has 1 saturated carbocycles. The summed E-state index contributed by atoms with van der Waals surface area (Å²) in [5.74, 6) is 1.12. The molecule has 3 amide bonds. The third-order valence-corrected chi connectivity index (χ3v) is 7.24. The molecule has 1 aromatic heterocycles. The number of piperidine rings is 1. The number of nitrogens with zero attached hydrogens (tertiary/aromatic N) is 4. The second kappa shape index (κ2) is 12.3. The molecule has 1 aliphatic carbocycles. The predicted molar refractivity (Wildman–Crippen MR) is 128 cm³/mol. The first kappa shape index (κ1) is 26.2. The standard InChI is InChI=1S/C25H41N5O4/c1-4-5-16-29(3)23(33)20-12-17-30(18-13-20)22(32)11-10-21-26-24(28-34-21)25(27-19(2)31)14-8-6-7-9-15-25/h20H,4-18H2,1-3H3,(H,27,31). The molecule has 1 N–H and O–H groups in total. The largest absolute Gasteiger partial charge is 0.346 e. The van der Waals surface area contributed by atoms with Gasteiger partial charge >= 0.3 is 0 Å². The van der Waals surface area contributed by atoms with Gasteiger partial charge in [0.1, 0.15) is 5.54 Å². The molecule has 1 aromatic rings. The van der Waals surface area contributed by atoms with Gasteiger partial charge < -0.3 is 19.6 Å². The van der Waals surface area contributed by atoms with Crippen molar-refractivity contribution >= 4 is 17.7 Å². The van der Waals surface area contributed by atoms with Crippen molar-refractivity contribution in [1.82, 2.24) is 25.3 Å². The lowest BCUT2D eigenvalue weighted by atomic mass is 9.89. The molecule has 9 heteroatoms. The topological polar surface area (TPSA) is 109 Å². The van der Waals surface area contributed by atoms with Crippen molar-refractivity contribution in [2.75, 3.05) is 26.7 Å². The summed E-state index contributed by atoms with van der Waals surface area (Å²) >= 11 is 0. The summed E-state index contributed by atoms with van der Waals surface area (Å²) in [6.45, 7) is 5.65. The third kappa shape index (κ3) is 6.79. The molecule has 2 heterocycles. The summed E-state index contributed by atoms with van der Waals surface area (Å²) in [5.41, 5.74) is -0.577. The number of carbonyl (C=O) groups is 3. The van der Waals surface area contributed by atoms with E-state index in [0.29, 0.717) is 50.5 Å². The van der Waals surface area contributed by atoms with E-state index < -0.39 is 5.54 Å². The zero-order valence-corrected chi connectivity index (χ0v) is 21.1. The summed E-state index contributed by atoms with van der Waals surface area (Å²) in [6, 6.07) is 0. The zero-order valence-electron chi connectivity index (χ0n) is 21.1. The Balaban J connectivity index is 1.50. The number of nitrogens with one attached hydrogen (secondary N) is 1. The van der Waals surface area contributed by atoms with Gasteiger partial charge in [0.15, 0.2) is 5.82 Å². The number of likely N-dealkylation sites (tertiary alicyclic amines) is 1. The van der Waals surface area contributed by atoms with Crippen LogP contribution in [0.25, 0.3) is 0 Å². The summed E-state index contributed by atoms with van der Waals surface area (Å²) in [7, 11) is 1.87. The molecule has 190 valence electrons. The molecule has 0 bridgehead atoms. The molecule has 2 aliphatic rings. The number of rotatable bonds is 9. The van der Waals surface area contributed by atoms with Crippen LogP contribution in [0.3, 0.4) is 0 Å². The fourth-order valence-corrected chi connectivity index (χ4v) is 5.19. The van der Waals surface area contributed by atoms with E-state index in [0.717, 1.165) is 57.9 Å². The Morgan fingerprint density at radius 3 is 2.44 bits per heavy atom. The first-order chi connectivity index (χ1) is 16.3. The number of aryl methyl sites for hydroxylation is 1. The summed E-state index contributed by atoms with van der Waals surface area (Å²) in [5, 5.41) is 7.28. The summed E-state index contributed by atoms with van der Waals surface area (Å²) in [4.78, 5) is 45.5. The van der Waals surface area contributed by atoms with Crippen LogP contribution in [0.2, 0.25) is 0 Å². The number of aromatic nitrogens is 2. The van der Waals surface area contributed by atoms with E-state index in [9.17, 15) is 14.4 Å². The highest BCUT2D eigenvalue weighted by Crippen LogP contribution is 2.34. The minimum Gasteiger partial charge on any atom is -0.346 e. The first-order valence-electron chi connectivity index (χ1n) is 13.0. The lowest BCUT2D eigenvalue weighted by molar-refractivity contribution is -0.139. The highest BCUT2D eigenvalue weighted by Gasteiger charge is 2.38. The predicted octanol–water partition coefficient (Wildman–Crippen LogP) is 3.18. The van der Waals surface area contributed by atoms with E-state index in [1.54, 1.807) is 0 Å². The Bertz CT molecular complexity index is 823. The third-order valence-electron chi connectivity index (χ3n) is 7.24. The van der Waals surface area contributed by atoms with Crippen LogP contribution in [0.1, 0.15) is 96.2 Å². The molecule has 9 nitrogen and oxygen atoms in total. The van der Waals surface area contributed by atoms with Crippen LogP contribution in [-0.2, 0) is 26.3 Å². The van der Waals surface area contributed by atoms with Crippen LogP contribution in [-0.4, -0.2) is 64.3 Å². The SMILES string of the molecule is CCCCN(C)C(=O)C1CCN(C(=O)CCc2nc(C3(NC(C)=O)CCCCCC3)no2)CC1. The van der Waals surface area contributed by atoms with Gasteiger partial charge in [-0.05, 0) is 32.1 Å². The van der Waals surface area contributed by atoms with Gasteiger partial charge in [0.2, 0.25) is 23.6 Å². The van der Waals surface area contributed by atoms with Crippen molar-refractivity contribution in [3.63, 3.8) is 0 Å². The van der Waals surface area contributed by atoms with Gasteiger partial charge in [-0.3, -0.25) is 14.4 Å². The van der Waals surface area contributed by atoms with Crippen LogP contribution < -0.4 is 5.32 Å². The Hall–Kier alpha value is -2.45. The van der Waals surface area contributed by atoms with Gasteiger partial charge in [-0.1, -0.05) is 44.2 Å². The monoisotopic (exact) mass is 475 g/mol. The molecule has 2 fully saturated rings.